The minimum Gasteiger partial charge on any atom is -0.394 e. The van der Waals surface area contributed by atoms with Crippen LogP contribution in [0, 0.1) is 6.57 Å². The number of rotatable bonds is 3. The van der Waals surface area contributed by atoms with Crippen LogP contribution in [-0.4, -0.2) is 21.2 Å². The van der Waals surface area contributed by atoms with E-state index in [0.29, 0.717) is 11.2 Å². The van der Waals surface area contributed by atoms with Crippen molar-refractivity contribution in [3.05, 3.63) is 83.8 Å². The molecule has 0 atom stereocenters. The number of fused-ring (bicyclic) bond motifs is 1. The summed E-state index contributed by atoms with van der Waals surface area (Å²) in [5.41, 5.74) is 4.66. The van der Waals surface area contributed by atoms with Gasteiger partial charge in [0.05, 0.1) is 17.3 Å². The molecule has 4 rings (SSSR count). The average Bonchev–Trinajstić information content (AvgIpc) is 2.73. The molecule has 0 N–H and O–H groups in total. The van der Waals surface area contributed by atoms with E-state index in [2.05, 4.69) is 14.8 Å². The molecule has 2 aromatic carbocycles. The number of nitrogens with zero attached hydrogens (tertiary/aromatic N) is 4. The molecule has 2 heterocycles. The Morgan fingerprint density at radius 1 is 0.923 bits per heavy atom. The zero-order chi connectivity index (χ0) is 17.9. The Bertz CT molecular complexity index is 1150. The lowest BCUT2D eigenvalue weighted by Gasteiger charge is -2.10. The van der Waals surface area contributed by atoms with Crippen LogP contribution in [0.4, 0.5) is 5.95 Å². The van der Waals surface area contributed by atoms with E-state index >= 15 is 0 Å². The van der Waals surface area contributed by atoms with Crippen molar-refractivity contribution in [2.75, 3.05) is 0 Å². The highest BCUT2D eigenvalue weighted by molar-refractivity contribution is 5.90. The highest BCUT2D eigenvalue weighted by atomic mass is 16.1. The fourth-order valence-corrected chi connectivity index (χ4v) is 2.79. The first kappa shape index (κ1) is 15.6. The first-order chi connectivity index (χ1) is 12.8. The van der Waals surface area contributed by atoms with Crippen molar-refractivity contribution in [2.45, 2.75) is 0 Å². The molecule has 5 nitrogen and oxygen atoms in total. The number of benzene rings is 2. The van der Waals surface area contributed by atoms with Gasteiger partial charge in [-0.05, 0) is 11.6 Å². The van der Waals surface area contributed by atoms with Gasteiger partial charge in [-0.15, -0.1) is 11.6 Å². The fraction of sp³-hybridized carbons (Fsp3) is 0. The SMILES string of the molecule is [C-]#[N+]c1ncc2cc(-c3ccccc3)c(-c3ccc(C=O)cc3)nc2n1. The second-order valence-corrected chi connectivity index (χ2v) is 5.69. The second-order valence-electron chi connectivity index (χ2n) is 5.69. The monoisotopic (exact) mass is 336 g/mol. The Kier molecular flexibility index (Phi) is 3.92. The molecule has 122 valence electrons. The average molecular weight is 336 g/mol. The summed E-state index contributed by atoms with van der Waals surface area (Å²) in [4.78, 5) is 27.2. The van der Waals surface area contributed by atoms with E-state index in [9.17, 15) is 4.79 Å². The normalized spacial score (nSPS) is 10.4. The molecule has 0 spiro atoms. The molecule has 0 aliphatic heterocycles. The van der Waals surface area contributed by atoms with E-state index in [-0.39, 0.29) is 5.95 Å². The summed E-state index contributed by atoms with van der Waals surface area (Å²) in [5.74, 6) is 0.0692. The van der Waals surface area contributed by atoms with Gasteiger partial charge in [-0.2, -0.15) is 4.98 Å². The van der Waals surface area contributed by atoms with Crippen LogP contribution in [0.1, 0.15) is 10.4 Å². The largest absolute Gasteiger partial charge is 0.394 e. The van der Waals surface area contributed by atoms with Crippen LogP contribution in [0.2, 0.25) is 0 Å². The van der Waals surface area contributed by atoms with Gasteiger partial charge in [0.2, 0.25) is 5.65 Å². The summed E-state index contributed by atoms with van der Waals surface area (Å²) in [5, 5.41) is 0.768. The number of hydrogen-bond acceptors (Lipinski definition) is 4. The predicted octanol–water partition coefficient (Wildman–Crippen LogP) is 4.72. The molecule has 0 aliphatic carbocycles. The molecule has 0 saturated heterocycles. The zero-order valence-electron chi connectivity index (χ0n) is 13.6. The minimum atomic E-state index is 0.0692. The van der Waals surface area contributed by atoms with Gasteiger partial charge in [0.15, 0.2) is 0 Å². The second kappa shape index (κ2) is 6.54. The van der Waals surface area contributed by atoms with E-state index in [1.54, 1.807) is 18.3 Å². The minimum absolute atomic E-state index is 0.0692. The molecule has 5 heteroatoms. The van der Waals surface area contributed by atoms with Crippen LogP contribution < -0.4 is 0 Å². The summed E-state index contributed by atoms with van der Waals surface area (Å²) < 4.78 is 0. The number of aromatic nitrogens is 3. The smallest absolute Gasteiger partial charge is 0.373 e. The molecule has 0 radical (unpaired) electrons. The fourth-order valence-electron chi connectivity index (χ4n) is 2.79. The van der Waals surface area contributed by atoms with E-state index in [1.807, 2.05) is 48.5 Å². The summed E-state index contributed by atoms with van der Waals surface area (Å²) in [6.45, 7) is 7.10. The zero-order valence-corrected chi connectivity index (χ0v) is 13.6. The summed E-state index contributed by atoms with van der Waals surface area (Å²) in [7, 11) is 0. The Hall–Kier alpha value is -3.91. The van der Waals surface area contributed by atoms with Crippen LogP contribution in [0.15, 0.2) is 66.9 Å². The van der Waals surface area contributed by atoms with Crippen LogP contribution in [-0.2, 0) is 0 Å². The molecule has 0 aliphatic rings. The first-order valence-electron chi connectivity index (χ1n) is 7.95. The molecule has 2 aromatic heterocycles. The topological polar surface area (TPSA) is 60.1 Å². The van der Waals surface area contributed by atoms with Gasteiger partial charge in [-0.1, -0.05) is 54.6 Å². The lowest BCUT2D eigenvalue weighted by molar-refractivity contribution is 0.112. The van der Waals surface area contributed by atoms with Crippen molar-refractivity contribution >= 4 is 23.3 Å². The van der Waals surface area contributed by atoms with Gasteiger partial charge in [0, 0.05) is 16.7 Å². The van der Waals surface area contributed by atoms with Crippen molar-refractivity contribution in [1.29, 1.82) is 0 Å². The van der Waals surface area contributed by atoms with Crippen LogP contribution in [0.5, 0.6) is 0 Å². The molecular formula is C21H12N4O. The van der Waals surface area contributed by atoms with Gasteiger partial charge >= 0.3 is 5.95 Å². The van der Waals surface area contributed by atoms with Crippen LogP contribution in [0.25, 0.3) is 38.3 Å². The number of pyridine rings is 1. The maximum Gasteiger partial charge on any atom is 0.373 e. The number of hydrogen-bond donors (Lipinski definition) is 0. The van der Waals surface area contributed by atoms with Gasteiger partial charge < -0.3 is 4.85 Å². The Morgan fingerprint density at radius 3 is 2.38 bits per heavy atom. The van der Waals surface area contributed by atoms with E-state index in [4.69, 9.17) is 11.6 Å². The van der Waals surface area contributed by atoms with Crippen LogP contribution >= 0.6 is 0 Å². The maximum atomic E-state index is 10.9. The molecule has 4 aromatic rings. The molecule has 0 saturated carbocycles. The highest BCUT2D eigenvalue weighted by Gasteiger charge is 2.14. The summed E-state index contributed by atoms with van der Waals surface area (Å²) in [6, 6.07) is 19.1. The van der Waals surface area contributed by atoms with E-state index in [1.165, 1.54) is 0 Å². The van der Waals surface area contributed by atoms with E-state index < -0.39 is 0 Å². The Balaban J connectivity index is 2.00. The van der Waals surface area contributed by atoms with Crippen molar-refractivity contribution < 1.29 is 4.79 Å². The lowest BCUT2D eigenvalue weighted by atomic mass is 9.98. The maximum absolute atomic E-state index is 10.9. The summed E-state index contributed by atoms with van der Waals surface area (Å²) >= 11 is 0. The molecule has 0 fully saturated rings. The van der Waals surface area contributed by atoms with Crippen molar-refractivity contribution in [3.63, 3.8) is 0 Å². The Morgan fingerprint density at radius 2 is 1.69 bits per heavy atom. The van der Waals surface area contributed by atoms with Gasteiger partial charge in [-0.25, -0.2) is 4.98 Å². The van der Waals surface area contributed by atoms with Gasteiger partial charge in [-0.3, -0.25) is 4.79 Å². The number of carbonyl (C=O) groups is 1. The van der Waals surface area contributed by atoms with Gasteiger partial charge in [0.25, 0.3) is 0 Å². The van der Waals surface area contributed by atoms with Crippen molar-refractivity contribution in [3.8, 4) is 22.4 Å². The highest BCUT2D eigenvalue weighted by Crippen LogP contribution is 2.33. The third kappa shape index (κ3) is 2.80. The molecule has 26 heavy (non-hydrogen) atoms. The third-order valence-electron chi connectivity index (χ3n) is 4.06. The Labute approximate surface area is 149 Å². The quantitative estimate of drug-likeness (QED) is 0.401. The van der Waals surface area contributed by atoms with E-state index in [0.717, 1.165) is 34.1 Å². The molecule has 0 bridgehead atoms. The standard InChI is InChI=1S/C21H12N4O/c1-22-21-23-12-17-11-18(15-5-3-2-4-6-15)19(24-20(17)25-21)16-9-7-14(13-26)8-10-16/h2-13H. The molecule has 0 amide bonds. The third-order valence-corrected chi connectivity index (χ3v) is 4.06. The molecule has 0 unspecified atom stereocenters. The predicted molar refractivity (Wildman–Crippen MR) is 99.9 cm³/mol. The molecular weight excluding hydrogens is 324 g/mol. The van der Waals surface area contributed by atoms with Crippen molar-refractivity contribution in [2.24, 2.45) is 0 Å². The summed E-state index contributed by atoms with van der Waals surface area (Å²) in [6.07, 6.45) is 2.43. The first-order valence-corrected chi connectivity index (χ1v) is 7.95. The van der Waals surface area contributed by atoms with Gasteiger partial charge in [0.1, 0.15) is 6.29 Å². The lowest BCUT2D eigenvalue weighted by Crippen LogP contribution is -1.94. The van der Waals surface area contributed by atoms with Crippen LogP contribution in [0.3, 0.4) is 0 Å². The van der Waals surface area contributed by atoms with Crippen molar-refractivity contribution in [1.82, 2.24) is 15.0 Å². The number of aldehydes is 1. The number of carbonyl (C=O) groups excluding carboxylic acids is 1.